The minimum Gasteiger partial charge on any atom is -0.311 e. The van der Waals surface area contributed by atoms with Crippen LogP contribution < -0.4 is 5.32 Å². The summed E-state index contributed by atoms with van der Waals surface area (Å²) in [6.45, 7) is 12.4. The van der Waals surface area contributed by atoms with Crippen LogP contribution in [-0.2, 0) is 10.0 Å². The van der Waals surface area contributed by atoms with E-state index in [1.807, 2.05) is 0 Å². The minimum absolute atomic E-state index is 0.128. The highest BCUT2D eigenvalue weighted by molar-refractivity contribution is 7.88. The first-order chi connectivity index (χ1) is 8.09. The average Bonchev–Trinajstić information content (AvgIpc) is 2.24. The third kappa shape index (κ3) is 5.22. The van der Waals surface area contributed by atoms with Gasteiger partial charge in [-0.15, -0.1) is 0 Å². The Bertz CT molecular complexity index is 354. The molecule has 0 aromatic carbocycles. The monoisotopic (exact) mass is 277 g/mol. The Morgan fingerprint density at radius 3 is 2.06 bits per heavy atom. The van der Waals surface area contributed by atoms with Crippen molar-refractivity contribution in [2.24, 2.45) is 0 Å². The van der Waals surface area contributed by atoms with E-state index in [0.29, 0.717) is 19.1 Å². The summed E-state index contributed by atoms with van der Waals surface area (Å²) in [5, 5.41) is 3.49. The molecule has 1 rings (SSSR count). The fraction of sp³-hybridized carbons (Fsp3) is 1.00. The number of hydrogen-bond acceptors (Lipinski definition) is 4. The lowest BCUT2D eigenvalue weighted by molar-refractivity contribution is 0.139. The van der Waals surface area contributed by atoms with Gasteiger partial charge in [0.15, 0.2) is 0 Å². The van der Waals surface area contributed by atoms with Crippen molar-refractivity contribution >= 4 is 10.0 Å². The third-order valence-corrected chi connectivity index (χ3v) is 4.60. The van der Waals surface area contributed by atoms with E-state index >= 15 is 0 Å². The second-order valence-electron chi connectivity index (χ2n) is 6.18. The van der Waals surface area contributed by atoms with E-state index in [-0.39, 0.29) is 5.54 Å². The fourth-order valence-corrected chi connectivity index (χ4v) is 2.89. The first-order valence-electron chi connectivity index (χ1n) is 6.54. The van der Waals surface area contributed by atoms with Crippen molar-refractivity contribution in [3.8, 4) is 0 Å². The first kappa shape index (κ1) is 15.9. The van der Waals surface area contributed by atoms with Crippen LogP contribution in [0.4, 0.5) is 0 Å². The van der Waals surface area contributed by atoms with E-state index < -0.39 is 10.0 Å². The molecule has 0 aliphatic carbocycles. The van der Waals surface area contributed by atoms with E-state index in [0.717, 1.165) is 19.6 Å². The molecule has 18 heavy (non-hydrogen) atoms. The van der Waals surface area contributed by atoms with Crippen LogP contribution in [0.2, 0.25) is 0 Å². The molecule has 1 aliphatic rings. The molecule has 0 aromatic rings. The van der Waals surface area contributed by atoms with Crippen molar-refractivity contribution in [1.29, 1.82) is 0 Å². The van der Waals surface area contributed by atoms with Gasteiger partial charge in [-0.1, -0.05) is 0 Å². The Balaban J connectivity index is 2.39. The molecule has 0 saturated carbocycles. The van der Waals surface area contributed by atoms with E-state index in [1.165, 1.54) is 6.26 Å². The molecule has 1 unspecified atom stereocenters. The van der Waals surface area contributed by atoms with Crippen LogP contribution in [0.5, 0.6) is 0 Å². The second-order valence-corrected chi connectivity index (χ2v) is 8.16. The number of piperazine rings is 1. The Morgan fingerprint density at radius 2 is 1.67 bits per heavy atom. The summed E-state index contributed by atoms with van der Waals surface area (Å²) in [5.74, 6) is 0. The summed E-state index contributed by atoms with van der Waals surface area (Å²) < 4.78 is 24.4. The predicted molar refractivity (Wildman–Crippen MR) is 75.2 cm³/mol. The van der Waals surface area contributed by atoms with Crippen LogP contribution in [0.1, 0.15) is 27.7 Å². The van der Waals surface area contributed by atoms with Crippen LogP contribution in [0.25, 0.3) is 0 Å². The lowest BCUT2D eigenvalue weighted by atomic mass is 10.1. The van der Waals surface area contributed by atoms with Gasteiger partial charge in [0.25, 0.3) is 0 Å². The maximum absolute atomic E-state index is 11.4. The van der Waals surface area contributed by atoms with Gasteiger partial charge in [0.05, 0.1) is 6.26 Å². The molecule has 0 spiro atoms. The standard InChI is InChI=1S/C12H27N3O2S/c1-11(10-13-12(2,3)4)14-6-8-15(9-7-14)18(5,16)17/h11,13H,6-10H2,1-5H3. The molecule has 1 heterocycles. The van der Waals surface area contributed by atoms with Gasteiger partial charge >= 0.3 is 0 Å². The largest absolute Gasteiger partial charge is 0.311 e. The van der Waals surface area contributed by atoms with E-state index in [4.69, 9.17) is 0 Å². The molecule has 0 amide bonds. The molecule has 1 fully saturated rings. The maximum atomic E-state index is 11.4. The molecule has 0 bridgehead atoms. The fourth-order valence-electron chi connectivity index (χ4n) is 2.06. The number of sulfonamides is 1. The molecule has 1 saturated heterocycles. The molecule has 1 aliphatic heterocycles. The van der Waals surface area contributed by atoms with Crippen LogP contribution in [0.3, 0.4) is 0 Å². The van der Waals surface area contributed by atoms with Gasteiger partial charge in [-0.3, -0.25) is 4.90 Å². The second kappa shape index (κ2) is 5.86. The van der Waals surface area contributed by atoms with Crippen LogP contribution >= 0.6 is 0 Å². The predicted octanol–water partition coefficient (Wildman–Crippen LogP) is 0.340. The molecule has 108 valence electrons. The summed E-state index contributed by atoms with van der Waals surface area (Å²) >= 11 is 0. The SMILES string of the molecule is CC(CNC(C)(C)C)N1CCN(S(C)(=O)=O)CC1. The van der Waals surface area contributed by atoms with Crippen LogP contribution in [0.15, 0.2) is 0 Å². The summed E-state index contributed by atoms with van der Waals surface area (Å²) in [4.78, 5) is 2.35. The molecule has 6 heteroatoms. The van der Waals surface area contributed by atoms with E-state index in [2.05, 4.69) is 37.9 Å². The Labute approximate surface area is 112 Å². The van der Waals surface area contributed by atoms with E-state index in [9.17, 15) is 8.42 Å². The van der Waals surface area contributed by atoms with Gasteiger partial charge in [0, 0.05) is 44.3 Å². The molecule has 0 radical (unpaired) electrons. The zero-order valence-electron chi connectivity index (χ0n) is 12.2. The Hall–Kier alpha value is -0.170. The third-order valence-electron chi connectivity index (χ3n) is 3.29. The van der Waals surface area contributed by atoms with Gasteiger partial charge in [0.2, 0.25) is 10.0 Å². The zero-order chi connectivity index (χ0) is 14.0. The van der Waals surface area contributed by atoms with Gasteiger partial charge in [-0.2, -0.15) is 4.31 Å². The molecule has 1 N–H and O–H groups in total. The summed E-state index contributed by atoms with van der Waals surface area (Å²) in [5.41, 5.74) is 0.128. The minimum atomic E-state index is -3.02. The Morgan fingerprint density at radius 1 is 1.17 bits per heavy atom. The van der Waals surface area contributed by atoms with Crippen molar-refractivity contribution in [2.45, 2.75) is 39.3 Å². The van der Waals surface area contributed by atoms with Gasteiger partial charge in [0.1, 0.15) is 0 Å². The molecular formula is C12H27N3O2S. The average molecular weight is 277 g/mol. The highest BCUT2D eigenvalue weighted by atomic mass is 32.2. The topological polar surface area (TPSA) is 52.6 Å². The number of nitrogens with zero attached hydrogens (tertiary/aromatic N) is 2. The number of hydrogen-bond donors (Lipinski definition) is 1. The van der Waals surface area contributed by atoms with Crippen LogP contribution in [-0.4, -0.2) is 68.2 Å². The number of rotatable bonds is 4. The van der Waals surface area contributed by atoms with Crippen molar-refractivity contribution < 1.29 is 8.42 Å². The van der Waals surface area contributed by atoms with Crippen molar-refractivity contribution in [3.63, 3.8) is 0 Å². The summed E-state index contributed by atoms with van der Waals surface area (Å²) in [7, 11) is -3.02. The van der Waals surface area contributed by atoms with Gasteiger partial charge in [-0.25, -0.2) is 8.42 Å². The maximum Gasteiger partial charge on any atom is 0.211 e. The molecule has 5 nitrogen and oxygen atoms in total. The zero-order valence-corrected chi connectivity index (χ0v) is 13.0. The quantitative estimate of drug-likeness (QED) is 0.805. The Kier molecular flexibility index (Phi) is 5.17. The lowest BCUT2D eigenvalue weighted by Crippen LogP contribution is -2.54. The highest BCUT2D eigenvalue weighted by Gasteiger charge is 2.26. The van der Waals surface area contributed by atoms with Crippen molar-refractivity contribution in [3.05, 3.63) is 0 Å². The number of nitrogens with one attached hydrogen (secondary N) is 1. The summed E-state index contributed by atoms with van der Waals surface area (Å²) in [6.07, 6.45) is 1.28. The van der Waals surface area contributed by atoms with Crippen LogP contribution in [0, 0.1) is 0 Å². The normalized spacial score (nSPS) is 22.1. The lowest BCUT2D eigenvalue weighted by Gasteiger charge is -2.38. The van der Waals surface area contributed by atoms with Gasteiger partial charge in [-0.05, 0) is 27.7 Å². The van der Waals surface area contributed by atoms with Crippen molar-refractivity contribution in [2.75, 3.05) is 39.0 Å². The van der Waals surface area contributed by atoms with E-state index in [1.54, 1.807) is 4.31 Å². The molecule has 0 aromatic heterocycles. The molecule has 1 atom stereocenters. The smallest absolute Gasteiger partial charge is 0.211 e. The van der Waals surface area contributed by atoms with Gasteiger partial charge < -0.3 is 5.32 Å². The highest BCUT2D eigenvalue weighted by Crippen LogP contribution is 2.09. The van der Waals surface area contributed by atoms with Crippen molar-refractivity contribution in [1.82, 2.24) is 14.5 Å². The summed E-state index contributed by atoms with van der Waals surface area (Å²) in [6, 6.07) is 0.436. The molecular weight excluding hydrogens is 250 g/mol. The first-order valence-corrected chi connectivity index (χ1v) is 8.38.